The number of carbonyl (C=O) groups is 1. The number of alkyl halides is 3. The first-order valence-electron chi connectivity index (χ1n) is 13.2. The van der Waals surface area contributed by atoms with Crippen LogP contribution in [0, 0.1) is 6.92 Å². The van der Waals surface area contributed by atoms with Gasteiger partial charge in [-0.3, -0.25) is 9.69 Å². The van der Waals surface area contributed by atoms with Crippen molar-refractivity contribution in [3.63, 3.8) is 0 Å². The van der Waals surface area contributed by atoms with E-state index in [-0.39, 0.29) is 23.7 Å². The highest BCUT2D eigenvalue weighted by Gasteiger charge is 2.34. The summed E-state index contributed by atoms with van der Waals surface area (Å²) >= 11 is 0. The molecule has 1 aliphatic heterocycles. The molecule has 3 aromatic carbocycles. The van der Waals surface area contributed by atoms with Crippen molar-refractivity contribution >= 4 is 28.4 Å². The molecule has 3 N–H and O–H groups in total. The number of nitrogens with one attached hydrogen (secondary N) is 1. The Morgan fingerprint density at radius 2 is 1.75 bits per heavy atom. The van der Waals surface area contributed by atoms with Crippen LogP contribution in [-0.2, 0) is 12.7 Å². The molecule has 10 heteroatoms. The van der Waals surface area contributed by atoms with Crippen molar-refractivity contribution in [2.45, 2.75) is 26.6 Å². The standard InChI is InChI=1S/C30H31F3N6O/c1-3-38-10-12-39(13-11-38)18-22-6-8-24(16-26(22)30(31,32)33)36-28(40)21-5-4-19(2)25(15-21)20-7-9-27-23(14-20)17-35-29(34)37-27/h4-9,14-17H,3,10-13,18H2,1-2H3,(H,36,40)(H2,34,35,37). The van der Waals surface area contributed by atoms with Crippen molar-refractivity contribution in [1.82, 2.24) is 19.8 Å². The van der Waals surface area contributed by atoms with Gasteiger partial charge in [-0.25, -0.2) is 9.97 Å². The topological polar surface area (TPSA) is 87.4 Å². The van der Waals surface area contributed by atoms with Gasteiger partial charge in [0, 0.05) is 55.6 Å². The van der Waals surface area contributed by atoms with Crippen molar-refractivity contribution in [1.29, 1.82) is 0 Å². The molecule has 5 rings (SSSR count). The number of amides is 1. The van der Waals surface area contributed by atoms with Gasteiger partial charge in [-0.05, 0) is 72.1 Å². The van der Waals surface area contributed by atoms with Gasteiger partial charge in [-0.1, -0.05) is 25.1 Å². The second-order valence-electron chi connectivity index (χ2n) is 10.1. The van der Waals surface area contributed by atoms with E-state index in [1.54, 1.807) is 18.3 Å². The van der Waals surface area contributed by atoms with Gasteiger partial charge in [-0.15, -0.1) is 0 Å². The van der Waals surface area contributed by atoms with Crippen molar-refractivity contribution in [2.75, 3.05) is 43.8 Å². The van der Waals surface area contributed by atoms with Crippen LogP contribution in [0.1, 0.15) is 34.0 Å². The molecule has 1 amide bonds. The number of anilines is 2. The molecule has 1 aromatic heterocycles. The quantitative estimate of drug-likeness (QED) is 0.326. The lowest BCUT2D eigenvalue weighted by molar-refractivity contribution is -0.138. The number of halogens is 3. The van der Waals surface area contributed by atoms with Crippen molar-refractivity contribution in [3.8, 4) is 11.1 Å². The summed E-state index contributed by atoms with van der Waals surface area (Å²) in [5, 5.41) is 3.45. The van der Waals surface area contributed by atoms with Crippen LogP contribution in [0.3, 0.4) is 0 Å². The molecule has 0 aliphatic carbocycles. The van der Waals surface area contributed by atoms with Gasteiger partial charge in [-0.2, -0.15) is 13.2 Å². The van der Waals surface area contributed by atoms with Gasteiger partial charge in [0.25, 0.3) is 5.91 Å². The molecule has 0 spiro atoms. The summed E-state index contributed by atoms with van der Waals surface area (Å²) in [6, 6.07) is 14.9. The maximum Gasteiger partial charge on any atom is 0.416 e. The molecule has 208 valence electrons. The van der Waals surface area contributed by atoms with Crippen LogP contribution in [0.4, 0.5) is 24.8 Å². The van der Waals surface area contributed by atoms with Gasteiger partial charge in [0.05, 0.1) is 11.1 Å². The smallest absolute Gasteiger partial charge is 0.368 e. The normalized spacial score (nSPS) is 14.9. The summed E-state index contributed by atoms with van der Waals surface area (Å²) in [7, 11) is 0. The van der Waals surface area contributed by atoms with Crippen LogP contribution >= 0.6 is 0 Å². The lowest BCUT2D eigenvalue weighted by Gasteiger charge is -2.34. The third-order valence-corrected chi connectivity index (χ3v) is 7.39. The first-order valence-corrected chi connectivity index (χ1v) is 13.2. The second kappa shape index (κ2) is 11.2. The fourth-order valence-corrected chi connectivity index (χ4v) is 5.05. The maximum absolute atomic E-state index is 14.0. The van der Waals surface area contributed by atoms with Gasteiger partial charge in [0.1, 0.15) is 0 Å². The Morgan fingerprint density at radius 1 is 1.00 bits per heavy atom. The maximum atomic E-state index is 14.0. The zero-order valence-corrected chi connectivity index (χ0v) is 22.4. The summed E-state index contributed by atoms with van der Waals surface area (Å²) in [5.74, 6) is -0.304. The monoisotopic (exact) mass is 548 g/mol. The SMILES string of the molecule is CCN1CCN(Cc2ccc(NC(=O)c3ccc(C)c(-c4ccc5nc(N)ncc5c4)c3)cc2C(F)(F)F)CC1. The third kappa shape index (κ3) is 6.08. The van der Waals surface area contributed by atoms with E-state index in [1.807, 2.05) is 36.1 Å². The van der Waals surface area contributed by atoms with Crippen LogP contribution < -0.4 is 11.1 Å². The number of nitrogen functional groups attached to an aromatic ring is 1. The highest BCUT2D eigenvalue weighted by Crippen LogP contribution is 2.35. The van der Waals surface area contributed by atoms with E-state index < -0.39 is 17.6 Å². The number of aryl methyl sites for hydroxylation is 1. The van der Waals surface area contributed by atoms with E-state index in [4.69, 9.17) is 5.73 Å². The number of rotatable bonds is 6. The van der Waals surface area contributed by atoms with E-state index in [0.29, 0.717) is 11.1 Å². The molecule has 2 heterocycles. The number of nitrogens with two attached hydrogens (primary N) is 1. The molecule has 0 saturated carbocycles. The number of piperazine rings is 1. The molecule has 0 bridgehead atoms. The van der Waals surface area contributed by atoms with Crippen LogP contribution in [0.15, 0.2) is 60.8 Å². The van der Waals surface area contributed by atoms with E-state index in [0.717, 1.165) is 60.9 Å². The first kappa shape index (κ1) is 27.5. The van der Waals surface area contributed by atoms with E-state index in [9.17, 15) is 18.0 Å². The summed E-state index contributed by atoms with van der Waals surface area (Å²) in [5.41, 5.74) is 8.90. The van der Waals surface area contributed by atoms with Crippen LogP contribution in [0.25, 0.3) is 22.0 Å². The first-order chi connectivity index (χ1) is 19.1. The van der Waals surface area contributed by atoms with Crippen molar-refractivity contribution in [3.05, 3.63) is 83.0 Å². The predicted octanol–water partition coefficient (Wildman–Crippen LogP) is 5.60. The minimum Gasteiger partial charge on any atom is -0.368 e. The van der Waals surface area contributed by atoms with Gasteiger partial charge in [0.2, 0.25) is 5.95 Å². The molecule has 0 unspecified atom stereocenters. The average Bonchev–Trinajstić information content (AvgIpc) is 2.93. The second-order valence-corrected chi connectivity index (χ2v) is 10.1. The van der Waals surface area contributed by atoms with E-state index >= 15 is 0 Å². The van der Waals surface area contributed by atoms with Crippen molar-refractivity contribution < 1.29 is 18.0 Å². The molecular weight excluding hydrogens is 517 g/mol. The van der Waals surface area contributed by atoms with Crippen LogP contribution in [0.5, 0.6) is 0 Å². The molecule has 1 fully saturated rings. The molecular formula is C30H31F3N6O. The zero-order valence-electron chi connectivity index (χ0n) is 22.4. The highest BCUT2D eigenvalue weighted by molar-refractivity contribution is 6.05. The Hall–Kier alpha value is -4.02. The fourth-order valence-electron chi connectivity index (χ4n) is 5.05. The molecule has 0 radical (unpaired) electrons. The Bertz CT molecular complexity index is 1550. The van der Waals surface area contributed by atoms with Crippen LogP contribution in [-0.4, -0.2) is 58.4 Å². The van der Waals surface area contributed by atoms with Crippen molar-refractivity contribution in [2.24, 2.45) is 0 Å². The average molecular weight is 549 g/mol. The predicted molar refractivity (Wildman–Crippen MR) is 151 cm³/mol. The Kier molecular flexibility index (Phi) is 7.73. The Morgan fingerprint density at radius 3 is 2.48 bits per heavy atom. The van der Waals surface area contributed by atoms with E-state index in [1.165, 1.54) is 12.1 Å². The van der Waals surface area contributed by atoms with Gasteiger partial charge < -0.3 is 16.0 Å². The summed E-state index contributed by atoms with van der Waals surface area (Å²) in [4.78, 5) is 25.7. The van der Waals surface area contributed by atoms with Gasteiger partial charge >= 0.3 is 6.18 Å². The number of carbonyl (C=O) groups excluding carboxylic acids is 1. The minimum absolute atomic E-state index is 0.0967. The number of nitrogens with zero attached hydrogens (tertiary/aromatic N) is 4. The molecule has 1 aliphatic rings. The molecule has 1 saturated heterocycles. The number of benzene rings is 3. The van der Waals surface area contributed by atoms with Crippen LogP contribution in [0.2, 0.25) is 0 Å². The number of aromatic nitrogens is 2. The van der Waals surface area contributed by atoms with E-state index in [2.05, 4.69) is 27.1 Å². The molecule has 0 atom stereocenters. The Balaban J connectivity index is 1.36. The highest BCUT2D eigenvalue weighted by atomic mass is 19.4. The summed E-state index contributed by atoms with van der Waals surface area (Å²) < 4.78 is 42.1. The number of likely N-dealkylation sites (N-methyl/N-ethyl adjacent to an activating group) is 1. The number of hydrogen-bond acceptors (Lipinski definition) is 6. The third-order valence-electron chi connectivity index (χ3n) is 7.39. The fraction of sp³-hybridized carbons (Fsp3) is 0.300. The molecule has 7 nitrogen and oxygen atoms in total. The lowest BCUT2D eigenvalue weighted by atomic mass is 9.97. The van der Waals surface area contributed by atoms with Gasteiger partial charge in [0.15, 0.2) is 0 Å². The summed E-state index contributed by atoms with van der Waals surface area (Å²) in [6.45, 7) is 8.28. The minimum atomic E-state index is -4.54. The zero-order chi connectivity index (χ0) is 28.4. The molecule has 40 heavy (non-hydrogen) atoms. The largest absolute Gasteiger partial charge is 0.416 e. The number of hydrogen-bond donors (Lipinski definition) is 2. The summed E-state index contributed by atoms with van der Waals surface area (Å²) in [6.07, 6.45) is -2.90. The Labute approximate surface area is 230 Å². The number of fused-ring (bicyclic) bond motifs is 1. The lowest BCUT2D eigenvalue weighted by Crippen LogP contribution is -2.45. The molecule has 4 aromatic rings.